The third kappa shape index (κ3) is 5.91. The number of amides is 3. The van der Waals surface area contributed by atoms with Gasteiger partial charge in [0.25, 0.3) is 0 Å². The molecule has 0 aromatic heterocycles. The number of nitrogens with zero attached hydrogens (tertiary/aromatic N) is 1. The van der Waals surface area contributed by atoms with Crippen molar-refractivity contribution in [1.29, 1.82) is 0 Å². The van der Waals surface area contributed by atoms with Crippen LogP contribution in [0.5, 0.6) is 0 Å². The first-order chi connectivity index (χ1) is 13.5. The molecule has 2 aliphatic rings. The molecule has 3 amide bonds. The van der Waals surface area contributed by atoms with Crippen LogP contribution in [0.1, 0.15) is 25.7 Å². The first-order valence-corrected chi connectivity index (χ1v) is 9.69. The maximum Gasteiger partial charge on any atom is 0.244 e. The SMILES string of the molecule is COCC1(CNC(=O)CCC(=O)N2CC(=O)Nc3ccccc32)CCNCC1.Cl. The second-order valence-corrected chi connectivity index (χ2v) is 7.50. The summed E-state index contributed by atoms with van der Waals surface area (Å²) in [5, 5.41) is 9.04. The molecule has 3 N–H and O–H groups in total. The third-order valence-corrected chi connectivity index (χ3v) is 5.41. The number of benzene rings is 1. The molecule has 2 heterocycles. The van der Waals surface area contributed by atoms with E-state index in [0.717, 1.165) is 25.9 Å². The molecule has 0 unspecified atom stereocenters. The number of methoxy groups -OCH3 is 1. The van der Waals surface area contributed by atoms with E-state index in [2.05, 4.69) is 16.0 Å². The van der Waals surface area contributed by atoms with E-state index in [4.69, 9.17) is 4.74 Å². The minimum absolute atomic E-state index is 0. The molecule has 3 rings (SSSR count). The molecule has 0 spiro atoms. The molecule has 0 saturated carbocycles. The van der Waals surface area contributed by atoms with Crippen LogP contribution in [-0.4, -0.2) is 57.6 Å². The van der Waals surface area contributed by atoms with E-state index in [9.17, 15) is 14.4 Å². The zero-order valence-electron chi connectivity index (χ0n) is 16.7. The normalized spacial score (nSPS) is 17.6. The molecule has 160 valence electrons. The van der Waals surface area contributed by atoms with E-state index in [0.29, 0.717) is 24.5 Å². The van der Waals surface area contributed by atoms with Gasteiger partial charge >= 0.3 is 0 Å². The van der Waals surface area contributed by atoms with Crippen LogP contribution in [0.15, 0.2) is 24.3 Å². The van der Waals surface area contributed by atoms with Crippen LogP contribution < -0.4 is 20.9 Å². The largest absolute Gasteiger partial charge is 0.384 e. The molecule has 0 radical (unpaired) electrons. The fourth-order valence-corrected chi connectivity index (χ4v) is 3.82. The average Bonchev–Trinajstić information content (AvgIpc) is 2.71. The minimum Gasteiger partial charge on any atom is -0.384 e. The molecule has 9 heteroatoms. The lowest BCUT2D eigenvalue weighted by atomic mass is 9.79. The average molecular weight is 425 g/mol. The molecule has 2 aliphatic heterocycles. The quantitative estimate of drug-likeness (QED) is 0.612. The van der Waals surface area contributed by atoms with Crippen LogP contribution in [0, 0.1) is 5.41 Å². The van der Waals surface area contributed by atoms with E-state index < -0.39 is 0 Å². The lowest BCUT2D eigenvalue weighted by Crippen LogP contribution is -2.47. The summed E-state index contributed by atoms with van der Waals surface area (Å²) >= 11 is 0. The molecule has 1 saturated heterocycles. The summed E-state index contributed by atoms with van der Waals surface area (Å²) in [6, 6.07) is 7.17. The number of halogens is 1. The zero-order valence-corrected chi connectivity index (χ0v) is 17.5. The van der Waals surface area contributed by atoms with Gasteiger partial charge in [-0.3, -0.25) is 14.4 Å². The van der Waals surface area contributed by atoms with Crippen molar-refractivity contribution in [3.63, 3.8) is 0 Å². The van der Waals surface area contributed by atoms with Crippen LogP contribution in [-0.2, 0) is 19.1 Å². The number of fused-ring (bicyclic) bond motifs is 1. The molecule has 29 heavy (non-hydrogen) atoms. The highest BCUT2D eigenvalue weighted by atomic mass is 35.5. The summed E-state index contributed by atoms with van der Waals surface area (Å²) in [4.78, 5) is 38.2. The first-order valence-electron chi connectivity index (χ1n) is 9.69. The van der Waals surface area contributed by atoms with Gasteiger partial charge in [0.2, 0.25) is 17.7 Å². The molecular weight excluding hydrogens is 396 g/mol. The second kappa shape index (κ2) is 10.6. The topological polar surface area (TPSA) is 99.8 Å². The fourth-order valence-electron chi connectivity index (χ4n) is 3.82. The highest BCUT2D eigenvalue weighted by Crippen LogP contribution is 2.30. The summed E-state index contributed by atoms with van der Waals surface area (Å²) in [5.41, 5.74) is 1.23. The van der Waals surface area contributed by atoms with Crippen molar-refractivity contribution in [2.75, 3.05) is 50.1 Å². The molecule has 8 nitrogen and oxygen atoms in total. The van der Waals surface area contributed by atoms with Gasteiger partial charge in [-0.25, -0.2) is 0 Å². The Bertz CT molecular complexity index is 731. The lowest BCUT2D eigenvalue weighted by Gasteiger charge is -2.37. The van der Waals surface area contributed by atoms with E-state index in [-0.39, 0.29) is 54.9 Å². The van der Waals surface area contributed by atoms with Crippen molar-refractivity contribution in [2.24, 2.45) is 5.41 Å². The van der Waals surface area contributed by atoms with Gasteiger partial charge in [-0.05, 0) is 38.1 Å². The van der Waals surface area contributed by atoms with E-state index in [1.54, 1.807) is 25.3 Å². The number of hydrogen-bond acceptors (Lipinski definition) is 5. The Hall–Kier alpha value is -2.16. The highest BCUT2D eigenvalue weighted by Gasteiger charge is 2.32. The summed E-state index contributed by atoms with van der Waals surface area (Å²) in [7, 11) is 1.68. The van der Waals surface area contributed by atoms with E-state index in [1.165, 1.54) is 4.90 Å². The Kier molecular flexibility index (Phi) is 8.43. The van der Waals surface area contributed by atoms with Gasteiger partial charge < -0.3 is 25.6 Å². The molecule has 1 fully saturated rings. The smallest absolute Gasteiger partial charge is 0.244 e. The predicted molar refractivity (Wildman–Crippen MR) is 113 cm³/mol. The van der Waals surface area contributed by atoms with Gasteiger partial charge in [-0.1, -0.05) is 12.1 Å². The number of nitrogens with one attached hydrogen (secondary N) is 3. The number of piperidine rings is 1. The van der Waals surface area contributed by atoms with Crippen molar-refractivity contribution in [2.45, 2.75) is 25.7 Å². The van der Waals surface area contributed by atoms with Crippen LogP contribution in [0.25, 0.3) is 0 Å². The number of hydrogen-bond donors (Lipinski definition) is 3. The van der Waals surface area contributed by atoms with Gasteiger partial charge in [-0.15, -0.1) is 12.4 Å². The molecule has 0 bridgehead atoms. The Morgan fingerprint density at radius 2 is 1.93 bits per heavy atom. The Balaban J connectivity index is 0.00000300. The minimum atomic E-state index is -0.232. The van der Waals surface area contributed by atoms with Gasteiger partial charge in [0.15, 0.2) is 0 Å². The van der Waals surface area contributed by atoms with Crippen molar-refractivity contribution >= 4 is 41.5 Å². The summed E-state index contributed by atoms with van der Waals surface area (Å²) in [6.07, 6.45) is 2.05. The lowest BCUT2D eigenvalue weighted by molar-refractivity contribution is -0.126. The molecule has 0 atom stereocenters. The van der Waals surface area contributed by atoms with Crippen LogP contribution in [0.4, 0.5) is 11.4 Å². The maximum atomic E-state index is 12.6. The van der Waals surface area contributed by atoms with Gasteiger partial charge in [-0.2, -0.15) is 0 Å². The first kappa shape index (κ1) is 23.1. The van der Waals surface area contributed by atoms with Crippen molar-refractivity contribution < 1.29 is 19.1 Å². The summed E-state index contributed by atoms with van der Waals surface area (Å²) in [6.45, 7) is 2.95. The number of ether oxygens (including phenoxy) is 1. The number of rotatable bonds is 7. The predicted octanol–water partition coefficient (Wildman–Crippen LogP) is 1.31. The second-order valence-electron chi connectivity index (χ2n) is 7.50. The van der Waals surface area contributed by atoms with Gasteiger partial charge in [0.05, 0.1) is 18.0 Å². The molecule has 1 aromatic carbocycles. The molecule has 0 aliphatic carbocycles. The third-order valence-electron chi connectivity index (χ3n) is 5.41. The summed E-state index contributed by atoms with van der Waals surface area (Å²) < 4.78 is 5.36. The number of para-hydroxylation sites is 2. The van der Waals surface area contributed by atoms with Crippen molar-refractivity contribution in [3.8, 4) is 0 Å². The van der Waals surface area contributed by atoms with Crippen molar-refractivity contribution in [3.05, 3.63) is 24.3 Å². The standard InChI is InChI=1S/C20H28N4O4.ClH/c1-28-14-20(8-10-21-11-9-20)13-22-17(25)6-7-19(27)24-12-18(26)23-15-4-2-3-5-16(15)24;/h2-5,21H,6-14H2,1H3,(H,22,25)(H,23,26);1H. The van der Waals surface area contributed by atoms with Crippen molar-refractivity contribution in [1.82, 2.24) is 10.6 Å². The van der Waals surface area contributed by atoms with Crippen LogP contribution in [0.3, 0.4) is 0 Å². The molecule has 1 aromatic rings. The monoisotopic (exact) mass is 424 g/mol. The van der Waals surface area contributed by atoms with Gasteiger partial charge in [0.1, 0.15) is 6.54 Å². The Labute approximate surface area is 177 Å². The Morgan fingerprint density at radius 1 is 1.21 bits per heavy atom. The number of anilines is 2. The molecular formula is C20H29ClN4O4. The van der Waals surface area contributed by atoms with Crippen LogP contribution >= 0.6 is 12.4 Å². The van der Waals surface area contributed by atoms with E-state index >= 15 is 0 Å². The van der Waals surface area contributed by atoms with Gasteiger partial charge in [0, 0.05) is 31.9 Å². The van der Waals surface area contributed by atoms with E-state index in [1.807, 2.05) is 6.07 Å². The maximum absolute atomic E-state index is 12.6. The van der Waals surface area contributed by atoms with Crippen LogP contribution in [0.2, 0.25) is 0 Å². The zero-order chi connectivity index (χ0) is 20.0. The number of carbonyl (C=O) groups is 3. The Morgan fingerprint density at radius 3 is 2.66 bits per heavy atom. The highest BCUT2D eigenvalue weighted by molar-refractivity contribution is 6.10. The summed E-state index contributed by atoms with van der Waals surface area (Å²) in [5.74, 6) is -0.619. The number of carbonyl (C=O) groups excluding carboxylic acids is 3. The fraction of sp³-hybridized carbons (Fsp3) is 0.550.